The lowest BCUT2D eigenvalue weighted by Gasteiger charge is -2.18. The molecule has 0 spiro atoms. The first-order valence-corrected chi connectivity index (χ1v) is 7.80. The average Bonchev–Trinajstić information content (AvgIpc) is 2.74. The summed E-state index contributed by atoms with van der Waals surface area (Å²) in [6.07, 6.45) is 0.851. The Kier molecular flexibility index (Phi) is 4.74. The van der Waals surface area contributed by atoms with Gasteiger partial charge in [-0.05, 0) is 24.8 Å². The van der Waals surface area contributed by atoms with Gasteiger partial charge in [0.1, 0.15) is 0 Å². The number of ether oxygens (including phenoxy) is 1. The van der Waals surface area contributed by atoms with Crippen LogP contribution in [0.15, 0.2) is 17.5 Å². The quantitative estimate of drug-likeness (QED) is 0.826. The number of carbonyl (C=O) groups is 1. The average molecular weight is 271 g/mol. The zero-order valence-electron chi connectivity index (χ0n) is 9.93. The number of rotatable bonds is 2. The second-order valence-corrected chi connectivity index (χ2v) is 6.14. The summed E-state index contributed by atoms with van der Waals surface area (Å²) < 4.78 is 5.04. The van der Waals surface area contributed by atoms with Gasteiger partial charge in [-0.1, -0.05) is 6.07 Å². The summed E-state index contributed by atoms with van der Waals surface area (Å²) in [5, 5.41) is 2.65. The van der Waals surface area contributed by atoms with Crippen LogP contribution in [0.5, 0.6) is 0 Å². The van der Waals surface area contributed by atoms with Crippen molar-refractivity contribution >= 4 is 29.2 Å². The number of hydrogen-bond donors (Lipinski definition) is 0. The van der Waals surface area contributed by atoms with E-state index in [1.165, 1.54) is 4.88 Å². The van der Waals surface area contributed by atoms with E-state index in [-0.39, 0.29) is 6.09 Å². The van der Waals surface area contributed by atoms with E-state index in [1.54, 1.807) is 11.3 Å². The summed E-state index contributed by atoms with van der Waals surface area (Å²) in [7, 11) is 0. The van der Waals surface area contributed by atoms with Gasteiger partial charge in [-0.15, -0.1) is 11.3 Å². The van der Waals surface area contributed by atoms with E-state index >= 15 is 0 Å². The molecule has 1 amide bonds. The van der Waals surface area contributed by atoms with Gasteiger partial charge in [-0.3, -0.25) is 0 Å². The van der Waals surface area contributed by atoms with Crippen LogP contribution in [0.3, 0.4) is 0 Å². The van der Waals surface area contributed by atoms with Crippen LogP contribution in [0.25, 0.3) is 0 Å². The molecule has 1 saturated heterocycles. The number of nitrogens with zero attached hydrogens (tertiary/aromatic N) is 1. The second kappa shape index (κ2) is 6.31. The molecule has 5 heteroatoms. The van der Waals surface area contributed by atoms with Crippen LogP contribution < -0.4 is 0 Å². The molecule has 3 nitrogen and oxygen atoms in total. The first-order chi connectivity index (χ1) is 8.31. The lowest BCUT2D eigenvalue weighted by Crippen LogP contribution is -2.33. The Morgan fingerprint density at radius 3 is 3.18 bits per heavy atom. The Bertz CT molecular complexity index is 353. The Balaban J connectivity index is 1.91. The van der Waals surface area contributed by atoms with Gasteiger partial charge in [0.15, 0.2) is 0 Å². The van der Waals surface area contributed by atoms with Crippen LogP contribution in [0.2, 0.25) is 0 Å². The Morgan fingerprint density at radius 2 is 2.47 bits per heavy atom. The minimum atomic E-state index is -0.167. The molecule has 0 bridgehead atoms. The van der Waals surface area contributed by atoms with Crippen LogP contribution in [0.1, 0.15) is 23.5 Å². The third-order valence-corrected chi connectivity index (χ3v) is 5.17. The van der Waals surface area contributed by atoms with E-state index in [0.29, 0.717) is 11.9 Å². The summed E-state index contributed by atoms with van der Waals surface area (Å²) in [6.45, 7) is 3.90. The van der Waals surface area contributed by atoms with Crippen LogP contribution in [0, 0.1) is 0 Å². The van der Waals surface area contributed by atoms with Gasteiger partial charge in [0.25, 0.3) is 0 Å². The second-order valence-electron chi connectivity index (χ2n) is 3.85. The van der Waals surface area contributed by atoms with Gasteiger partial charge in [-0.2, -0.15) is 11.8 Å². The van der Waals surface area contributed by atoms with Crippen molar-refractivity contribution in [3.05, 3.63) is 22.4 Å². The van der Waals surface area contributed by atoms with Gasteiger partial charge >= 0.3 is 6.09 Å². The minimum absolute atomic E-state index is 0.167. The molecular formula is C12H17NO2S2. The predicted octanol–water partition coefficient (Wildman–Crippen LogP) is 3.38. The molecule has 2 rings (SSSR count). The minimum Gasteiger partial charge on any atom is -0.450 e. The smallest absolute Gasteiger partial charge is 0.409 e. The predicted molar refractivity (Wildman–Crippen MR) is 72.7 cm³/mol. The van der Waals surface area contributed by atoms with E-state index in [4.69, 9.17) is 4.74 Å². The molecule has 1 fully saturated rings. The molecule has 1 atom stereocenters. The highest BCUT2D eigenvalue weighted by atomic mass is 32.2. The highest BCUT2D eigenvalue weighted by molar-refractivity contribution is 7.99. The fourth-order valence-corrected chi connectivity index (χ4v) is 4.11. The van der Waals surface area contributed by atoms with Crippen molar-refractivity contribution in [2.75, 3.05) is 25.4 Å². The van der Waals surface area contributed by atoms with Crippen molar-refractivity contribution in [1.82, 2.24) is 4.90 Å². The molecular weight excluding hydrogens is 254 g/mol. The van der Waals surface area contributed by atoms with Crippen LogP contribution >= 0.6 is 23.1 Å². The lowest BCUT2D eigenvalue weighted by atomic mass is 10.2. The standard InChI is InChI=1S/C12H17NO2S2/c1-2-15-12(14)13-6-5-11(17-9-7-13)10-4-3-8-16-10/h3-4,8,11H,2,5-7,9H2,1H3/t11-/m0/s1. The van der Waals surface area contributed by atoms with E-state index in [1.807, 2.05) is 23.6 Å². The van der Waals surface area contributed by atoms with E-state index in [2.05, 4.69) is 17.5 Å². The zero-order chi connectivity index (χ0) is 12.1. The van der Waals surface area contributed by atoms with Gasteiger partial charge in [0.2, 0.25) is 0 Å². The topological polar surface area (TPSA) is 29.5 Å². The molecule has 0 N–H and O–H groups in total. The third-order valence-electron chi connectivity index (χ3n) is 2.73. The normalized spacial score (nSPS) is 21.0. The molecule has 94 valence electrons. The van der Waals surface area contributed by atoms with Crippen molar-refractivity contribution in [3.63, 3.8) is 0 Å². The van der Waals surface area contributed by atoms with Crippen molar-refractivity contribution < 1.29 is 9.53 Å². The van der Waals surface area contributed by atoms with Gasteiger partial charge in [0, 0.05) is 29.0 Å². The summed E-state index contributed by atoms with van der Waals surface area (Å²) in [6, 6.07) is 4.27. The molecule has 1 aliphatic rings. The summed E-state index contributed by atoms with van der Waals surface area (Å²) in [5.74, 6) is 0.987. The lowest BCUT2D eigenvalue weighted by molar-refractivity contribution is 0.110. The van der Waals surface area contributed by atoms with Crippen molar-refractivity contribution in [2.45, 2.75) is 18.6 Å². The zero-order valence-corrected chi connectivity index (χ0v) is 11.6. The SMILES string of the molecule is CCOC(=O)N1CCS[C@H](c2cccs2)CC1. The van der Waals surface area contributed by atoms with Gasteiger partial charge < -0.3 is 9.64 Å². The monoisotopic (exact) mass is 271 g/mol. The fraction of sp³-hybridized carbons (Fsp3) is 0.583. The summed E-state index contributed by atoms with van der Waals surface area (Å²) >= 11 is 3.75. The molecule has 17 heavy (non-hydrogen) atoms. The molecule has 0 saturated carbocycles. The Labute approximate surface area is 110 Å². The highest BCUT2D eigenvalue weighted by Crippen LogP contribution is 2.36. The number of carbonyl (C=O) groups excluding carboxylic acids is 1. The van der Waals surface area contributed by atoms with Gasteiger partial charge in [-0.25, -0.2) is 4.79 Å². The Hall–Kier alpha value is -0.680. The van der Waals surface area contributed by atoms with Crippen molar-refractivity contribution in [2.24, 2.45) is 0 Å². The molecule has 0 unspecified atom stereocenters. The molecule has 1 aromatic heterocycles. The van der Waals surface area contributed by atoms with Gasteiger partial charge in [0.05, 0.1) is 6.61 Å². The first kappa shape index (κ1) is 12.8. The number of hydrogen-bond acceptors (Lipinski definition) is 4. The number of thiophene rings is 1. The van der Waals surface area contributed by atoms with E-state index in [0.717, 1.165) is 25.3 Å². The maximum absolute atomic E-state index is 11.6. The van der Waals surface area contributed by atoms with Crippen LogP contribution in [-0.4, -0.2) is 36.4 Å². The van der Waals surface area contributed by atoms with Crippen molar-refractivity contribution in [1.29, 1.82) is 0 Å². The Morgan fingerprint density at radius 1 is 1.59 bits per heavy atom. The molecule has 0 radical (unpaired) electrons. The van der Waals surface area contributed by atoms with Crippen molar-refractivity contribution in [3.8, 4) is 0 Å². The molecule has 0 aliphatic carbocycles. The number of amides is 1. The third kappa shape index (κ3) is 3.39. The van der Waals surface area contributed by atoms with Crippen LogP contribution in [0.4, 0.5) is 4.79 Å². The molecule has 2 heterocycles. The molecule has 1 aromatic rings. The summed E-state index contributed by atoms with van der Waals surface area (Å²) in [4.78, 5) is 14.9. The number of thioether (sulfide) groups is 1. The van der Waals surface area contributed by atoms with E-state index in [9.17, 15) is 4.79 Å². The summed E-state index contributed by atoms with van der Waals surface area (Å²) in [5.41, 5.74) is 0. The maximum atomic E-state index is 11.6. The molecule has 1 aliphatic heterocycles. The largest absolute Gasteiger partial charge is 0.450 e. The fourth-order valence-electron chi connectivity index (χ4n) is 1.87. The molecule has 0 aromatic carbocycles. The maximum Gasteiger partial charge on any atom is 0.409 e. The van der Waals surface area contributed by atoms with Crippen LogP contribution in [-0.2, 0) is 4.74 Å². The first-order valence-electron chi connectivity index (χ1n) is 5.88. The van der Waals surface area contributed by atoms with E-state index < -0.39 is 0 Å². The highest BCUT2D eigenvalue weighted by Gasteiger charge is 2.22.